The molecule has 6 heteroatoms. The van der Waals surface area contributed by atoms with E-state index in [1.54, 1.807) is 26.8 Å². The number of aliphatic hydroxyl groups excluding tert-OH is 1. The zero-order valence-electron chi connectivity index (χ0n) is 11.7. The van der Waals surface area contributed by atoms with Crippen LogP contribution in [-0.4, -0.2) is 35.2 Å². The van der Waals surface area contributed by atoms with Crippen molar-refractivity contribution in [2.75, 3.05) is 17.7 Å². The van der Waals surface area contributed by atoms with Crippen LogP contribution in [0.5, 0.6) is 0 Å². The molecule has 1 atom stereocenters. The van der Waals surface area contributed by atoms with Gasteiger partial charge in [0.15, 0.2) is 0 Å². The summed E-state index contributed by atoms with van der Waals surface area (Å²) in [5.41, 5.74) is -0.340. The largest absolute Gasteiger partial charge is 0.456 e. The predicted octanol–water partition coefficient (Wildman–Crippen LogP) is 2.79. The third-order valence-electron chi connectivity index (χ3n) is 2.31. The van der Waals surface area contributed by atoms with Crippen LogP contribution in [0, 0.1) is 5.82 Å². The van der Waals surface area contributed by atoms with E-state index in [1.165, 1.54) is 12.1 Å². The summed E-state index contributed by atoms with van der Waals surface area (Å²) in [4.78, 5) is 11.8. The number of hydrogen-bond acceptors (Lipinski definition) is 4. The standard InChI is InChI=1S/C14H19ClFNO3/c1-14(2,3)20-13(19)11-5-4-9(6-12(11)16)17-8-10(18)7-15/h4-6,10,17-18H,7-8H2,1-3H3. The van der Waals surface area contributed by atoms with Crippen LogP contribution in [0.15, 0.2) is 18.2 Å². The minimum Gasteiger partial charge on any atom is -0.456 e. The Labute approximate surface area is 122 Å². The SMILES string of the molecule is CC(C)(C)OC(=O)c1ccc(NCC(O)CCl)cc1F. The first-order valence-electron chi connectivity index (χ1n) is 6.23. The van der Waals surface area contributed by atoms with Gasteiger partial charge in [-0.15, -0.1) is 11.6 Å². The summed E-state index contributed by atoms with van der Waals surface area (Å²) < 4.78 is 19.0. The molecule has 0 aromatic heterocycles. The molecule has 112 valence electrons. The first kappa shape index (κ1) is 16.7. The van der Waals surface area contributed by atoms with Crippen LogP contribution in [0.2, 0.25) is 0 Å². The van der Waals surface area contributed by atoms with Crippen LogP contribution in [0.3, 0.4) is 0 Å². The van der Waals surface area contributed by atoms with Crippen molar-refractivity contribution < 1.29 is 19.0 Å². The van der Waals surface area contributed by atoms with Crippen molar-refractivity contribution >= 4 is 23.3 Å². The lowest BCUT2D eigenvalue weighted by atomic mass is 10.1. The van der Waals surface area contributed by atoms with Gasteiger partial charge >= 0.3 is 5.97 Å². The Morgan fingerprint density at radius 2 is 2.15 bits per heavy atom. The van der Waals surface area contributed by atoms with E-state index in [0.29, 0.717) is 5.69 Å². The number of esters is 1. The number of ether oxygens (including phenoxy) is 1. The van der Waals surface area contributed by atoms with Gasteiger partial charge in [-0.3, -0.25) is 0 Å². The maximum absolute atomic E-state index is 13.9. The molecule has 20 heavy (non-hydrogen) atoms. The Balaban J connectivity index is 2.75. The fourth-order valence-electron chi connectivity index (χ4n) is 1.41. The lowest BCUT2D eigenvalue weighted by molar-refractivity contribution is 0.00647. The Morgan fingerprint density at radius 3 is 2.65 bits per heavy atom. The second-order valence-electron chi connectivity index (χ2n) is 5.39. The number of nitrogens with one attached hydrogen (secondary N) is 1. The molecule has 0 heterocycles. The van der Waals surface area contributed by atoms with Gasteiger partial charge in [-0.05, 0) is 39.0 Å². The van der Waals surface area contributed by atoms with Crippen molar-refractivity contribution in [3.8, 4) is 0 Å². The average Bonchev–Trinajstić information content (AvgIpc) is 2.33. The molecule has 0 fully saturated rings. The highest BCUT2D eigenvalue weighted by Gasteiger charge is 2.20. The molecule has 0 radical (unpaired) electrons. The Kier molecular flexibility index (Phi) is 5.77. The number of benzene rings is 1. The van der Waals surface area contributed by atoms with Gasteiger partial charge < -0.3 is 15.2 Å². The average molecular weight is 304 g/mol. The molecular weight excluding hydrogens is 285 g/mol. The number of hydrogen-bond donors (Lipinski definition) is 2. The van der Waals surface area contributed by atoms with Gasteiger partial charge in [0, 0.05) is 12.2 Å². The quantitative estimate of drug-likeness (QED) is 0.649. The minimum atomic E-state index is -0.717. The van der Waals surface area contributed by atoms with Gasteiger partial charge in [0.2, 0.25) is 0 Å². The summed E-state index contributed by atoms with van der Waals surface area (Å²) in [6, 6.07) is 4.07. The number of carbonyl (C=O) groups excluding carboxylic acids is 1. The maximum atomic E-state index is 13.9. The van der Waals surface area contributed by atoms with Gasteiger partial charge in [0.1, 0.15) is 11.4 Å². The molecule has 4 nitrogen and oxygen atoms in total. The lowest BCUT2D eigenvalue weighted by Crippen LogP contribution is -2.24. The topological polar surface area (TPSA) is 58.6 Å². The highest BCUT2D eigenvalue weighted by molar-refractivity contribution is 6.18. The molecule has 1 aromatic rings. The van der Waals surface area contributed by atoms with E-state index in [1.807, 2.05) is 0 Å². The second-order valence-corrected chi connectivity index (χ2v) is 5.69. The number of alkyl halides is 1. The van der Waals surface area contributed by atoms with Crippen molar-refractivity contribution in [3.63, 3.8) is 0 Å². The van der Waals surface area contributed by atoms with Crippen LogP contribution in [0.4, 0.5) is 10.1 Å². The summed E-state index contributed by atoms with van der Waals surface area (Å²) in [6.07, 6.45) is -0.717. The van der Waals surface area contributed by atoms with E-state index in [2.05, 4.69) is 5.32 Å². The fourth-order valence-corrected chi connectivity index (χ4v) is 1.52. The normalized spacial score (nSPS) is 12.9. The maximum Gasteiger partial charge on any atom is 0.341 e. The molecule has 1 unspecified atom stereocenters. The number of anilines is 1. The van der Waals surface area contributed by atoms with E-state index in [-0.39, 0.29) is 18.0 Å². The van der Waals surface area contributed by atoms with Gasteiger partial charge in [-0.25, -0.2) is 9.18 Å². The van der Waals surface area contributed by atoms with E-state index in [4.69, 9.17) is 16.3 Å². The van der Waals surface area contributed by atoms with Crippen LogP contribution in [0.1, 0.15) is 31.1 Å². The van der Waals surface area contributed by atoms with Gasteiger partial charge in [-0.1, -0.05) is 0 Å². The number of halogens is 2. The predicted molar refractivity (Wildman–Crippen MR) is 76.8 cm³/mol. The molecule has 1 rings (SSSR count). The lowest BCUT2D eigenvalue weighted by Gasteiger charge is -2.19. The van der Waals surface area contributed by atoms with E-state index in [9.17, 15) is 14.3 Å². The summed E-state index contributed by atoms with van der Waals surface area (Å²) in [7, 11) is 0. The van der Waals surface area contributed by atoms with Crippen molar-refractivity contribution in [2.24, 2.45) is 0 Å². The van der Waals surface area contributed by atoms with Gasteiger partial charge in [-0.2, -0.15) is 0 Å². The Morgan fingerprint density at radius 1 is 1.50 bits per heavy atom. The molecule has 0 aliphatic heterocycles. The van der Waals surface area contributed by atoms with E-state index < -0.39 is 23.5 Å². The minimum absolute atomic E-state index is 0.0888. The summed E-state index contributed by atoms with van der Waals surface area (Å²) >= 11 is 5.45. The van der Waals surface area contributed by atoms with Crippen molar-refractivity contribution in [2.45, 2.75) is 32.5 Å². The summed E-state index contributed by atoms with van der Waals surface area (Å²) in [5, 5.41) is 12.1. The molecule has 2 N–H and O–H groups in total. The summed E-state index contributed by atoms with van der Waals surface area (Å²) in [6.45, 7) is 5.35. The first-order valence-corrected chi connectivity index (χ1v) is 6.77. The van der Waals surface area contributed by atoms with Crippen LogP contribution >= 0.6 is 11.6 Å². The molecule has 0 saturated heterocycles. The highest BCUT2D eigenvalue weighted by atomic mass is 35.5. The van der Waals surface area contributed by atoms with Gasteiger partial charge in [0.25, 0.3) is 0 Å². The van der Waals surface area contributed by atoms with E-state index >= 15 is 0 Å². The van der Waals surface area contributed by atoms with Crippen molar-refractivity contribution in [1.82, 2.24) is 0 Å². The smallest absolute Gasteiger partial charge is 0.341 e. The monoisotopic (exact) mass is 303 g/mol. The van der Waals surface area contributed by atoms with Gasteiger partial charge in [0.05, 0.1) is 17.5 Å². The number of aliphatic hydroxyl groups is 1. The van der Waals surface area contributed by atoms with E-state index in [0.717, 1.165) is 0 Å². The fraction of sp³-hybridized carbons (Fsp3) is 0.500. The second kappa shape index (κ2) is 6.90. The molecule has 0 saturated carbocycles. The third-order valence-corrected chi connectivity index (χ3v) is 2.66. The highest BCUT2D eigenvalue weighted by Crippen LogP contribution is 2.18. The molecule has 1 aromatic carbocycles. The Bertz CT molecular complexity index is 474. The Hall–Kier alpha value is -1.33. The molecular formula is C14H19ClFNO3. The van der Waals surface area contributed by atoms with Crippen LogP contribution < -0.4 is 5.32 Å². The zero-order chi connectivity index (χ0) is 15.3. The van der Waals surface area contributed by atoms with Crippen molar-refractivity contribution in [1.29, 1.82) is 0 Å². The molecule has 0 spiro atoms. The first-order chi connectivity index (χ1) is 9.23. The van der Waals surface area contributed by atoms with Crippen LogP contribution in [-0.2, 0) is 4.74 Å². The number of carbonyl (C=O) groups is 1. The molecule has 0 aliphatic carbocycles. The van der Waals surface area contributed by atoms with Crippen LogP contribution in [0.25, 0.3) is 0 Å². The zero-order valence-corrected chi connectivity index (χ0v) is 12.5. The third kappa shape index (κ3) is 5.35. The summed E-state index contributed by atoms with van der Waals surface area (Å²) in [5.74, 6) is -1.29. The number of rotatable bonds is 5. The molecule has 0 amide bonds. The molecule has 0 bridgehead atoms. The molecule has 0 aliphatic rings. The van der Waals surface area contributed by atoms with Crippen molar-refractivity contribution in [3.05, 3.63) is 29.6 Å².